The van der Waals surface area contributed by atoms with Crippen molar-refractivity contribution >= 4 is 11.6 Å². The van der Waals surface area contributed by atoms with Crippen molar-refractivity contribution in [3.8, 4) is 0 Å². The molecule has 1 N–H and O–H groups in total. The first-order valence-corrected chi connectivity index (χ1v) is 4.62. The van der Waals surface area contributed by atoms with Crippen LogP contribution in [0.2, 0.25) is 5.02 Å². The third-order valence-electron chi connectivity index (χ3n) is 1.82. The zero-order valence-corrected chi connectivity index (χ0v) is 8.59. The SMILES string of the molecule is COCC(O)Cc1cc(F)ccc1Cl. The average Bonchev–Trinajstić information content (AvgIpc) is 2.12. The van der Waals surface area contributed by atoms with Crippen molar-refractivity contribution in [1.29, 1.82) is 0 Å². The predicted molar refractivity (Wildman–Crippen MR) is 53.0 cm³/mol. The van der Waals surface area contributed by atoms with Crippen LogP contribution in [-0.4, -0.2) is 24.9 Å². The van der Waals surface area contributed by atoms with Crippen molar-refractivity contribution < 1.29 is 14.2 Å². The van der Waals surface area contributed by atoms with E-state index < -0.39 is 6.10 Å². The van der Waals surface area contributed by atoms with Crippen molar-refractivity contribution in [1.82, 2.24) is 0 Å². The zero-order valence-electron chi connectivity index (χ0n) is 7.84. The lowest BCUT2D eigenvalue weighted by molar-refractivity contribution is 0.0650. The second-order valence-corrected chi connectivity index (χ2v) is 3.46. The largest absolute Gasteiger partial charge is 0.390 e. The summed E-state index contributed by atoms with van der Waals surface area (Å²) in [6, 6.07) is 4.08. The van der Waals surface area contributed by atoms with Crippen LogP contribution in [0.4, 0.5) is 4.39 Å². The molecule has 0 fully saturated rings. The Hall–Kier alpha value is -0.640. The lowest BCUT2D eigenvalue weighted by Gasteiger charge is -2.10. The Balaban J connectivity index is 2.70. The van der Waals surface area contributed by atoms with Crippen molar-refractivity contribution in [2.24, 2.45) is 0 Å². The molecule has 0 heterocycles. The van der Waals surface area contributed by atoms with Gasteiger partial charge in [0.2, 0.25) is 0 Å². The van der Waals surface area contributed by atoms with Crippen LogP contribution in [-0.2, 0) is 11.2 Å². The predicted octanol–water partition coefficient (Wildman–Crippen LogP) is 2.03. The normalized spacial score (nSPS) is 12.9. The fraction of sp³-hybridized carbons (Fsp3) is 0.400. The molecule has 0 saturated carbocycles. The van der Waals surface area contributed by atoms with Crippen molar-refractivity contribution in [3.05, 3.63) is 34.6 Å². The summed E-state index contributed by atoms with van der Waals surface area (Å²) in [5.74, 6) is -0.353. The monoisotopic (exact) mass is 218 g/mol. The van der Waals surface area contributed by atoms with Crippen molar-refractivity contribution in [3.63, 3.8) is 0 Å². The van der Waals surface area contributed by atoms with Gasteiger partial charge in [-0.2, -0.15) is 0 Å². The first-order chi connectivity index (χ1) is 6.63. The van der Waals surface area contributed by atoms with Gasteiger partial charge in [0.05, 0.1) is 12.7 Å². The van der Waals surface area contributed by atoms with E-state index in [1.54, 1.807) is 0 Å². The van der Waals surface area contributed by atoms with Gasteiger partial charge in [-0.05, 0) is 23.8 Å². The molecule has 0 bridgehead atoms. The van der Waals surface area contributed by atoms with Crippen LogP contribution in [0.5, 0.6) is 0 Å². The minimum atomic E-state index is -0.653. The highest BCUT2D eigenvalue weighted by molar-refractivity contribution is 6.31. The summed E-state index contributed by atoms with van der Waals surface area (Å²) in [6.07, 6.45) is -0.357. The van der Waals surface area contributed by atoms with Gasteiger partial charge in [-0.1, -0.05) is 11.6 Å². The Morgan fingerprint density at radius 1 is 1.57 bits per heavy atom. The minimum Gasteiger partial charge on any atom is -0.390 e. The topological polar surface area (TPSA) is 29.5 Å². The van der Waals surface area contributed by atoms with Gasteiger partial charge in [0.1, 0.15) is 5.82 Å². The molecule has 2 nitrogen and oxygen atoms in total. The molecule has 0 spiro atoms. The van der Waals surface area contributed by atoms with E-state index in [0.717, 1.165) is 0 Å². The number of methoxy groups -OCH3 is 1. The summed E-state index contributed by atoms with van der Waals surface area (Å²) >= 11 is 5.82. The van der Waals surface area contributed by atoms with Crippen LogP contribution >= 0.6 is 11.6 Å². The van der Waals surface area contributed by atoms with E-state index in [9.17, 15) is 9.50 Å². The zero-order chi connectivity index (χ0) is 10.6. The summed E-state index contributed by atoms with van der Waals surface area (Å²) in [4.78, 5) is 0. The van der Waals surface area contributed by atoms with Gasteiger partial charge >= 0.3 is 0 Å². The van der Waals surface area contributed by atoms with Crippen LogP contribution in [0.25, 0.3) is 0 Å². The van der Waals surface area contributed by atoms with E-state index >= 15 is 0 Å². The van der Waals surface area contributed by atoms with Gasteiger partial charge in [-0.15, -0.1) is 0 Å². The molecule has 0 radical (unpaired) electrons. The number of rotatable bonds is 4. The number of ether oxygens (including phenoxy) is 1. The second kappa shape index (κ2) is 5.29. The summed E-state index contributed by atoms with van der Waals surface area (Å²) in [5, 5.41) is 9.87. The molecule has 0 aliphatic rings. The first kappa shape index (κ1) is 11.4. The van der Waals surface area contributed by atoms with Gasteiger partial charge in [0, 0.05) is 18.6 Å². The fourth-order valence-corrected chi connectivity index (χ4v) is 1.40. The molecule has 0 aromatic heterocycles. The molecule has 1 aromatic rings. The highest BCUT2D eigenvalue weighted by Crippen LogP contribution is 2.18. The lowest BCUT2D eigenvalue weighted by Crippen LogP contribution is -2.17. The maximum Gasteiger partial charge on any atom is 0.123 e. The Labute approximate surface area is 87.3 Å². The van der Waals surface area contributed by atoms with E-state index in [4.69, 9.17) is 16.3 Å². The lowest BCUT2D eigenvalue weighted by atomic mass is 10.1. The summed E-state index contributed by atoms with van der Waals surface area (Å²) in [6.45, 7) is 0.215. The molecule has 1 unspecified atom stereocenters. The van der Waals surface area contributed by atoms with Crippen LogP contribution in [0.3, 0.4) is 0 Å². The van der Waals surface area contributed by atoms with Gasteiger partial charge in [-0.25, -0.2) is 4.39 Å². The Bertz CT molecular complexity index is 304. The Morgan fingerprint density at radius 2 is 2.29 bits per heavy atom. The number of halogens is 2. The van der Waals surface area contributed by atoms with Gasteiger partial charge in [0.15, 0.2) is 0 Å². The minimum absolute atomic E-state index is 0.215. The quantitative estimate of drug-likeness (QED) is 0.838. The second-order valence-electron chi connectivity index (χ2n) is 3.05. The number of hydrogen-bond donors (Lipinski definition) is 1. The molecule has 78 valence electrons. The number of hydrogen-bond acceptors (Lipinski definition) is 2. The maximum absolute atomic E-state index is 12.8. The number of aliphatic hydroxyl groups excluding tert-OH is 1. The van der Waals surface area contributed by atoms with Gasteiger partial charge in [-0.3, -0.25) is 0 Å². The molecule has 14 heavy (non-hydrogen) atoms. The standard InChI is InChI=1S/C10H12ClFO2/c1-14-6-9(13)5-7-4-8(12)2-3-10(7)11/h2-4,9,13H,5-6H2,1H3. The van der Waals surface area contributed by atoms with Crippen LogP contribution < -0.4 is 0 Å². The maximum atomic E-state index is 12.8. The first-order valence-electron chi connectivity index (χ1n) is 4.24. The molecule has 1 aromatic carbocycles. The fourth-order valence-electron chi connectivity index (χ4n) is 1.20. The van der Waals surface area contributed by atoms with E-state index in [2.05, 4.69) is 0 Å². The molecular weight excluding hydrogens is 207 g/mol. The molecule has 0 saturated heterocycles. The summed E-state index contributed by atoms with van der Waals surface area (Å²) in [7, 11) is 1.50. The molecule has 0 aliphatic carbocycles. The van der Waals surface area contributed by atoms with Crippen molar-refractivity contribution in [2.75, 3.05) is 13.7 Å². The number of aliphatic hydroxyl groups is 1. The third-order valence-corrected chi connectivity index (χ3v) is 2.19. The molecule has 1 rings (SSSR count). The highest BCUT2D eigenvalue weighted by atomic mass is 35.5. The average molecular weight is 219 g/mol. The van der Waals surface area contributed by atoms with E-state index in [-0.39, 0.29) is 12.4 Å². The Kier molecular flexibility index (Phi) is 4.32. The van der Waals surface area contributed by atoms with Crippen LogP contribution in [0.1, 0.15) is 5.56 Å². The van der Waals surface area contributed by atoms with E-state index in [0.29, 0.717) is 17.0 Å². The van der Waals surface area contributed by atoms with E-state index in [1.807, 2.05) is 0 Å². The molecule has 4 heteroatoms. The third kappa shape index (κ3) is 3.25. The van der Waals surface area contributed by atoms with Crippen LogP contribution in [0, 0.1) is 5.82 Å². The van der Waals surface area contributed by atoms with E-state index in [1.165, 1.54) is 25.3 Å². The van der Waals surface area contributed by atoms with Crippen LogP contribution in [0.15, 0.2) is 18.2 Å². The molecule has 0 aliphatic heterocycles. The smallest absolute Gasteiger partial charge is 0.123 e. The molecule has 0 amide bonds. The summed E-state index contributed by atoms with van der Waals surface area (Å²) < 4.78 is 17.6. The number of benzene rings is 1. The highest BCUT2D eigenvalue weighted by Gasteiger charge is 2.08. The molecule has 1 atom stereocenters. The van der Waals surface area contributed by atoms with Gasteiger partial charge in [0.25, 0.3) is 0 Å². The Morgan fingerprint density at radius 3 is 2.93 bits per heavy atom. The van der Waals surface area contributed by atoms with Gasteiger partial charge < -0.3 is 9.84 Å². The summed E-state index contributed by atoms with van der Waals surface area (Å²) in [5.41, 5.74) is 0.594. The molecular formula is C10H12ClFO2. The van der Waals surface area contributed by atoms with Crippen molar-refractivity contribution in [2.45, 2.75) is 12.5 Å².